The first-order chi connectivity index (χ1) is 11.4. The maximum Gasteiger partial charge on any atom is 0.128 e. The molecule has 0 amide bonds. The molecule has 0 spiro atoms. The first-order valence-electron chi connectivity index (χ1n) is 8.24. The molecule has 3 aromatic rings. The van der Waals surface area contributed by atoms with Crippen LogP contribution in [0.3, 0.4) is 0 Å². The summed E-state index contributed by atoms with van der Waals surface area (Å²) in [4.78, 5) is 4.57. The molecule has 4 rings (SSSR count). The van der Waals surface area contributed by atoms with E-state index in [0.717, 1.165) is 31.8 Å². The summed E-state index contributed by atoms with van der Waals surface area (Å²) in [5.41, 5.74) is 4.01. The van der Waals surface area contributed by atoms with Crippen LogP contribution in [-0.4, -0.2) is 18.9 Å². The second-order valence-corrected chi connectivity index (χ2v) is 6.00. The van der Waals surface area contributed by atoms with Gasteiger partial charge in [-0.15, -0.1) is 0 Å². The minimum atomic E-state index is 0.883. The van der Waals surface area contributed by atoms with Gasteiger partial charge in [0.05, 0.1) is 6.54 Å². The van der Waals surface area contributed by atoms with Gasteiger partial charge in [-0.2, -0.15) is 0 Å². The SMILES string of the molecule is c1ccc(C2=NCCN2)c(CCc2ccc3ccccc3c2)c1. The van der Waals surface area contributed by atoms with E-state index < -0.39 is 0 Å². The Kier molecular flexibility index (Phi) is 3.81. The number of nitrogens with one attached hydrogen (secondary N) is 1. The standard InChI is InChI=1S/C21H20N2/c1-2-7-19-15-16(9-11-17(19)5-1)10-12-18-6-3-4-8-20(18)21-22-13-14-23-21/h1-9,11,15H,10,12-14H2,(H,22,23). The molecule has 3 aromatic carbocycles. The molecule has 0 saturated carbocycles. The van der Waals surface area contributed by atoms with Crippen molar-refractivity contribution in [2.24, 2.45) is 4.99 Å². The fourth-order valence-electron chi connectivity index (χ4n) is 3.22. The molecule has 0 aliphatic carbocycles. The molecule has 0 aromatic heterocycles. The lowest BCUT2D eigenvalue weighted by Gasteiger charge is -2.10. The van der Waals surface area contributed by atoms with E-state index in [2.05, 4.69) is 77.0 Å². The molecule has 1 aliphatic heterocycles. The average Bonchev–Trinajstić information content (AvgIpc) is 3.14. The summed E-state index contributed by atoms with van der Waals surface area (Å²) in [7, 11) is 0. The van der Waals surface area contributed by atoms with Gasteiger partial charge >= 0.3 is 0 Å². The Morgan fingerprint density at radius 1 is 0.826 bits per heavy atom. The summed E-state index contributed by atoms with van der Waals surface area (Å²) in [6, 6.07) is 23.9. The molecular formula is C21H20N2. The summed E-state index contributed by atoms with van der Waals surface area (Å²) >= 11 is 0. The number of benzene rings is 3. The zero-order valence-corrected chi connectivity index (χ0v) is 13.1. The van der Waals surface area contributed by atoms with Crippen LogP contribution in [0.1, 0.15) is 16.7 Å². The molecule has 0 fully saturated rings. The molecule has 1 heterocycles. The van der Waals surface area contributed by atoms with E-state index in [9.17, 15) is 0 Å². The molecule has 2 nitrogen and oxygen atoms in total. The fourth-order valence-corrected chi connectivity index (χ4v) is 3.22. The van der Waals surface area contributed by atoms with Crippen LogP contribution in [0.25, 0.3) is 10.8 Å². The van der Waals surface area contributed by atoms with E-state index in [0.29, 0.717) is 0 Å². The van der Waals surface area contributed by atoms with Gasteiger partial charge in [0.25, 0.3) is 0 Å². The number of nitrogens with zero attached hydrogens (tertiary/aromatic N) is 1. The van der Waals surface area contributed by atoms with E-state index in [1.54, 1.807) is 0 Å². The maximum absolute atomic E-state index is 4.57. The van der Waals surface area contributed by atoms with Gasteiger partial charge in [-0.1, -0.05) is 66.7 Å². The second kappa shape index (κ2) is 6.25. The molecule has 0 saturated heterocycles. The quantitative estimate of drug-likeness (QED) is 0.774. The fraction of sp³-hybridized carbons (Fsp3) is 0.190. The predicted molar refractivity (Wildman–Crippen MR) is 97.2 cm³/mol. The van der Waals surface area contributed by atoms with E-state index in [-0.39, 0.29) is 0 Å². The lowest BCUT2D eigenvalue weighted by Crippen LogP contribution is -2.21. The van der Waals surface area contributed by atoms with Gasteiger partial charge in [0.2, 0.25) is 0 Å². The van der Waals surface area contributed by atoms with Crippen molar-refractivity contribution >= 4 is 16.6 Å². The molecule has 0 radical (unpaired) electrons. The van der Waals surface area contributed by atoms with Crippen molar-refractivity contribution in [2.45, 2.75) is 12.8 Å². The van der Waals surface area contributed by atoms with Crippen molar-refractivity contribution in [3.05, 3.63) is 83.4 Å². The van der Waals surface area contributed by atoms with Gasteiger partial charge in [0.1, 0.15) is 5.84 Å². The molecular weight excluding hydrogens is 280 g/mol. The average molecular weight is 300 g/mol. The van der Waals surface area contributed by atoms with Crippen LogP contribution in [0, 0.1) is 0 Å². The molecule has 0 atom stereocenters. The van der Waals surface area contributed by atoms with Gasteiger partial charge in [0, 0.05) is 12.1 Å². The third-order valence-electron chi connectivity index (χ3n) is 4.44. The van der Waals surface area contributed by atoms with Crippen LogP contribution in [0.2, 0.25) is 0 Å². The molecule has 2 heteroatoms. The highest BCUT2D eigenvalue weighted by molar-refractivity contribution is 6.01. The van der Waals surface area contributed by atoms with Crippen LogP contribution in [-0.2, 0) is 12.8 Å². The number of fused-ring (bicyclic) bond motifs is 1. The second-order valence-electron chi connectivity index (χ2n) is 6.00. The monoisotopic (exact) mass is 300 g/mol. The summed E-state index contributed by atoms with van der Waals surface area (Å²) in [6.45, 7) is 1.84. The third-order valence-corrected chi connectivity index (χ3v) is 4.44. The minimum Gasteiger partial charge on any atom is -0.368 e. The van der Waals surface area contributed by atoms with Crippen LogP contribution in [0.4, 0.5) is 0 Å². The van der Waals surface area contributed by atoms with Gasteiger partial charge in [-0.3, -0.25) is 4.99 Å². The first-order valence-corrected chi connectivity index (χ1v) is 8.24. The van der Waals surface area contributed by atoms with E-state index in [1.165, 1.54) is 27.5 Å². The summed E-state index contributed by atoms with van der Waals surface area (Å²) in [5.74, 6) is 1.05. The topological polar surface area (TPSA) is 24.4 Å². The summed E-state index contributed by atoms with van der Waals surface area (Å²) in [6.07, 6.45) is 2.09. The molecule has 1 aliphatic rings. The highest BCUT2D eigenvalue weighted by atomic mass is 15.1. The van der Waals surface area contributed by atoms with Crippen molar-refractivity contribution in [3.8, 4) is 0 Å². The van der Waals surface area contributed by atoms with E-state index >= 15 is 0 Å². The third kappa shape index (κ3) is 2.98. The van der Waals surface area contributed by atoms with Crippen LogP contribution >= 0.6 is 0 Å². The zero-order chi connectivity index (χ0) is 15.5. The van der Waals surface area contributed by atoms with Gasteiger partial charge in [0.15, 0.2) is 0 Å². The van der Waals surface area contributed by atoms with Gasteiger partial charge < -0.3 is 5.32 Å². The number of amidine groups is 1. The first kappa shape index (κ1) is 14.0. The highest BCUT2D eigenvalue weighted by Crippen LogP contribution is 2.18. The summed E-state index contributed by atoms with van der Waals surface area (Å²) < 4.78 is 0. The Bertz CT molecular complexity index is 864. The predicted octanol–water partition coefficient (Wildman–Crippen LogP) is 3.97. The van der Waals surface area contributed by atoms with Crippen LogP contribution in [0.5, 0.6) is 0 Å². The number of hydrogen-bond acceptors (Lipinski definition) is 2. The van der Waals surface area contributed by atoms with E-state index in [4.69, 9.17) is 0 Å². The number of rotatable bonds is 4. The van der Waals surface area contributed by atoms with Gasteiger partial charge in [-0.05, 0) is 34.7 Å². The highest BCUT2D eigenvalue weighted by Gasteiger charge is 2.11. The van der Waals surface area contributed by atoms with Crippen molar-refractivity contribution in [1.29, 1.82) is 0 Å². The number of aliphatic imine (C=N–C) groups is 1. The molecule has 0 unspecified atom stereocenters. The minimum absolute atomic E-state index is 0.883. The normalized spacial score (nSPS) is 13.8. The Balaban J connectivity index is 1.56. The Labute approximate surface area is 136 Å². The van der Waals surface area contributed by atoms with Crippen molar-refractivity contribution in [1.82, 2.24) is 5.32 Å². The van der Waals surface area contributed by atoms with Crippen LogP contribution in [0.15, 0.2) is 71.7 Å². The van der Waals surface area contributed by atoms with Crippen LogP contribution < -0.4 is 5.32 Å². The number of hydrogen-bond donors (Lipinski definition) is 1. The molecule has 23 heavy (non-hydrogen) atoms. The molecule has 0 bridgehead atoms. The van der Waals surface area contributed by atoms with Crippen molar-refractivity contribution in [2.75, 3.05) is 13.1 Å². The van der Waals surface area contributed by atoms with E-state index in [1.807, 2.05) is 0 Å². The van der Waals surface area contributed by atoms with Crippen molar-refractivity contribution < 1.29 is 0 Å². The zero-order valence-electron chi connectivity index (χ0n) is 13.1. The van der Waals surface area contributed by atoms with Crippen molar-refractivity contribution in [3.63, 3.8) is 0 Å². The molecule has 1 N–H and O–H groups in total. The Morgan fingerprint density at radius 2 is 1.65 bits per heavy atom. The van der Waals surface area contributed by atoms with Gasteiger partial charge in [-0.25, -0.2) is 0 Å². The largest absolute Gasteiger partial charge is 0.368 e. The maximum atomic E-state index is 4.57. The Hall–Kier alpha value is -2.61. The smallest absolute Gasteiger partial charge is 0.128 e. The lowest BCUT2D eigenvalue weighted by molar-refractivity contribution is 0.947. The summed E-state index contributed by atoms with van der Waals surface area (Å²) in [5, 5.41) is 6.01. The molecule has 114 valence electrons. The Morgan fingerprint density at radius 3 is 2.52 bits per heavy atom. The lowest BCUT2D eigenvalue weighted by atomic mass is 9.98. The number of aryl methyl sites for hydroxylation is 2.